The van der Waals surface area contributed by atoms with E-state index in [0.717, 1.165) is 12.4 Å². The fourth-order valence-corrected chi connectivity index (χ4v) is 3.48. The van der Waals surface area contributed by atoms with Crippen LogP contribution < -0.4 is 11.3 Å². The van der Waals surface area contributed by atoms with Crippen molar-refractivity contribution in [3.05, 3.63) is 18.2 Å². The molecule has 108 valence electrons. The van der Waals surface area contributed by atoms with Crippen molar-refractivity contribution in [1.82, 2.24) is 19.9 Å². The van der Waals surface area contributed by atoms with Crippen LogP contribution in [0.3, 0.4) is 0 Å². The molecule has 1 aromatic heterocycles. The molecule has 0 saturated heterocycles. The molecular formula is C14H27N5. The SMILES string of the molecule is CCn1ccnc1C(NN)C1(N(C)C)CCCCC1. The van der Waals surface area contributed by atoms with E-state index in [9.17, 15) is 0 Å². The van der Waals surface area contributed by atoms with Crippen LogP contribution >= 0.6 is 0 Å². The summed E-state index contributed by atoms with van der Waals surface area (Å²) in [4.78, 5) is 6.89. The smallest absolute Gasteiger partial charge is 0.129 e. The Morgan fingerprint density at radius 2 is 2.11 bits per heavy atom. The van der Waals surface area contributed by atoms with Gasteiger partial charge in [-0.3, -0.25) is 5.84 Å². The summed E-state index contributed by atoms with van der Waals surface area (Å²) in [5.74, 6) is 6.97. The van der Waals surface area contributed by atoms with Crippen LogP contribution in [0.1, 0.15) is 50.9 Å². The number of nitrogens with two attached hydrogens (primary N) is 1. The highest BCUT2D eigenvalue weighted by molar-refractivity contribution is 5.11. The van der Waals surface area contributed by atoms with Gasteiger partial charge in [-0.1, -0.05) is 19.3 Å². The van der Waals surface area contributed by atoms with Crippen molar-refractivity contribution in [3.8, 4) is 0 Å². The van der Waals surface area contributed by atoms with Gasteiger partial charge in [0.25, 0.3) is 0 Å². The van der Waals surface area contributed by atoms with E-state index in [1.807, 2.05) is 12.4 Å². The molecule has 1 aliphatic carbocycles. The summed E-state index contributed by atoms with van der Waals surface area (Å²) in [5, 5.41) is 0. The number of nitrogens with one attached hydrogen (secondary N) is 1. The highest BCUT2D eigenvalue weighted by atomic mass is 15.3. The maximum Gasteiger partial charge on any atom is 0.129 e. The Morgan fingerprint density at radius 1 is 1.42 bits per heavy atom. The van der Waals surface area contributed by atoms with E-state index in [-0.39, 0.29) is 11.6 Å². The summed E-state index contributed by atoms with van der Waals surface area (Å²) in [6.07, 6.45) is 10.1. The van der Waals surface area contributed by atoms with Gasteiger partial charge in [0.2, 0.25) is 0 Å². The topological polar surface area (TPSA) is 59.1 Å². The maximum absolute atomic E-state index is 5.91. The van der Waals surface area contributed by atoms with Crippen molar-refractivity contribution in [2.75, 3.05) is 14.1 Å². The molecule has 3 N–H and O–H groups in total. The number of hydrogen-bond acceptors (Lipinski definition) is 4. The molecule has 1 aliphatic rings. The van der Waals surface area contributed by atoms with Crippen LogP contribution in [0.25, 0.3) is 0 Å². The number of nitrogens with zero attached hydrogens (tertiary/aromatic N) is 3. The lowest BCUT2D eigenvalue weighted by Gasteiger charge is -2.47. The zero-order valence-electron chi connectivity index (χ0n) is 12.4. The zero-order valence-corrected chi connectivity index (χ0v) is 12.4. The third-order valence-electron chi connectivity index (χ3n) is 4.66. The van der Waals surface area contributed by atoms with Crippen molar-refractivity contribution in [2.45, 2.75) is 57.2 Å². The van der Waals surface area contributed by atoms with Crippen LogP contribution in [0.2, 0.25) is 0 Å². The number of hydrazine groups is 1. The molecule has 1 saturated carbocycles. The second-order valence-electron chi connectivity index (χ2n) is 5.73. The van der Waals surface area contributed by atoms with Crippen molar-refractivity contribution < 1.29 is 0 Å². The molecule has 0 bridgehead atoms. The number of likely N-dealkylation sites (N-methyl/N-ethyl adjacent to an activating group) is 1. The largest absolute Gasteiger partial charge is 0.334 e. The van der Waals surface area contributed by atoms with Crippen LogP contribution in [-0.2, 0) is 6.54 Å². The highest BCUT2D eigenvalue weighted by Crippen LogP contribution is 2.41. The number of hydrogen-bond donors (Lipinski definition) is 2. The minimum Gasteiger partial charge on any atom is -0.334 e. The van der Waals surface area contributed by atoms with Gasteiger partial charge in [-0.15, -0.1) is 0 Å². The van der Waals surface area contributed by atoms with Crippen LogP contribution in [0.15, 0.2) is 12.4 Å². The molecule has 0 aliphatic heterocycles. The summed E-state index contributed by atoms with van der Waals surface area (Å²) < 4.78 is 2.18. The summed E-state index contributed by atoms with van der Waals surface area (Å²) in [6, 6.07) is 0.0812. The molecule has 5 heteroatoms. The first-order chi connectivity index (χ1) is 9.15. The van der Waals surface area contributed by atoms with E-state index in [2.05, 4.69) is 40.9 Å². The fourth-order valence-electron chi connectivity index (χ4n) is 3.48. The van der Waals surface area contributed by atoms with Crippen LogP contribution in [0.5, 0.6) is 0 Å². The molecule has 1 heterocycles. The minimum absolute atomic E-state index is 0.0747. The zero-order chi connectivity index (χ0) is 13.9. The number of rotatable bonds is 5. The molecule has 1 aromatic rings. The van der Waals surface area contributed by atoms with Gasteiger partial charge in [0.1, 0.15) is 5.82 Å². The second-order valence-corrected chi connectivity index (χ2v) is 5.73. The number of aromatic nitrogens is 2. The normalized spacial score (nSPS) is 20.7. The molecule has 5 nitrogen and oxygen atoms in total. The third-order valence-corrected chi connectivity index (χ3v) is 4.66. The Bertz CT molecular complexity index is 392. The molecule has 1 fully saturated rings. The summed E-state index contributed by atoms with van der Waals surface area (Å²) in [6.45, 7) is 3.07. The van der Waals surface area contributed by atoms with Gasteiger partial charge in [-0.25, -0.2) is 10.4 Å². The first-order valence-corrected chi connectivity index (χ1v) is 7.30. The molecule has 0 amide bonds. The van der Waals surface area contributed by atoms with E-state index in [4.69, 9.17) is 5.84 Å². The monoisotopic (exact) mass is 265 g/mol. The molecule has 1 atom stereocenters. The van der Waals surface area contributed by atoms with Gasteiger partial charge in [0.15, 0.2) is 0 Å². The van der Waals surface area contributed by atoms with E-state index in [1.54, 1.807) is 0 Å². The van der Waals surface area contributed by atoms with Crippen molar-refractivity contribution in [2.24, 2.45) is 5.84 Å². The summed E-state index contributed by atoms with van der Waals surface area (Å²) in [5.41, 5.74) is 3.12. The van der Waals surface area contributed by atoms with Gasteiger partial charge in [0, 0.05) is 24.5 Å². The first-order valence-electron chi connectivity index (χ1n) is 7.30. The molecule has 19 heavy (non-hydrogen) atoms. The van der Waals surface area contributed by atoms with Gasteiger partial charge >= 0.3 is 0 Å². The van der Waals surface area contributed by atoms with Crippen molar-refractivity contribution in [3.63, 3.8) is 0 Å². The number of aryl methyl sites for hydroxylation is 1. The van der Waals surface area contributed by atoms with Gasteiger partial charge < -0.3 is 9.47 Å². The van der Waals surface area contributed by atoms with Gasteiger partial charge in [-0.05, 0) is 33.9 Å². The molecule has 0 spiro atoms. The average Bonchev–Trinajstić information content (AvgIpc) is 2.88. The predicted octanol–water partition coefficient (Wildman–Crippen LogP) is 1.67. The Morgan fingerprint density at radius 3 is 2.63 bits per heavy atom. The first kappa shape index (κ1) is 14.5. The average molecular weight is 265 g/mol. The van der Waals surface area contributed by atoms with Gasteiger partial charge in [0.05, 0.1) is 6.04 Å². The maximum atomic E-state index is 5.91. The quantitative estimate of drug-likeness (QED) is 0.628. The molecule has 0 aromatic carbocycles. The highest BCUT2D eigenvalue weighted by Gasteiger charge is 2.43. The molecule has 1 unspecified atom stereocenters. The second kappa shape index (κ2) is 6.03. The standard InChI is InChI=1S/C14H27N5/c1-4-19-11-10-16-13(19)12(17-15)14(18(2)3)8-6-5-7-9-14/h10-12,17H,4-9,15H2,1-3H3. The molecular weight excluding hydrogens is 238 g/mol. The van der Waals surface area contributed by atoms with Gasteiger partial charge in [-0.2, -0.15) is 0 Å². The predicted molar refractivity (Wildman–Crippen MR) is 77.5 cm³/mol. The van der Waals surface area contributed by atoms with E-state index < -0.39 is 0 Å². The van der Waals surface area contributed by atoms with Crippen LogP contribution in [-0.4, -0.2) is 34.1 Å². The lowest BCUT2D eigenvalue weighted by Crippen LogP contribution is -2.57. The fraction of sp³-hybridized carbons (Fsp3) is 0.786. The van der Waals surface area contributed by atoms with E-state index >= 15 is 0 Å². The minimum atomic E-state index is 0.0747. The van der Waals surface area contributed by atoms with E-state index in [1.165, 1.54) is 32.1 Å². The number of imidazole rings is 1. The third kappa shape index (κ3) is 2.55. The Kier molecular flexibility index (Phi) is 4.60. The van der Waals surface area contributed by atoms with E-state index in [0.29, 0.717) is 0 Å². The molecule has 0 radical (unpaired) electrons. The summed E-state index contributed by atoms with van der Waals surface area (Å²) >= 11 is 0. The van der Waals surface area contributed by atoms with Crippen molar-refractivity contribution >= 4 is 0 Å². The van der Waals surface area contributed by atoms with Crippen LogP contribution in [0, 0.1) is 0 Å². The summed E-state index contributed by atoms with van der Waals surface area (Å²) in [7, 11) is 4.32. The molecule has 2 rings (SSSR count). The van der Waals surface area contributed by atoms with Crippen molar-refractivity contribution in [1.29, 1.82) is 0 Å². The van der Waals surface area contributed by atoms with Crippen LogP contribution in [0.4, 0.5) is 0 Å². The lowest BCUT2D eigenvalue weighted by atomic mass is 9.75. The Labute approximate surface area is 116 Å². The Balaban J connectivity index is 2.37. The Hall–Kier alpha value is -0.910. The lowest BCUT2D eigenvalue weighted by molar-refractivity contribution is 0.0517.